The monoisotopic (exact) mass is 776 g/mol. The highest BCUT2D eigenvalue weighted by Gasteiger charge is 2.49. The summed E-state index contributed by atoms with van der Waals surface area (Å²) in [5, 5.41) is 4.91. The summed E-state index contributed by atoms with van der Waals surface area (Å²) in [6.45, 7) is 8.26. The molecule has 0 unspecified atom stereocenters. The van der Waals surface area contributed by atoms with E-state index < -0.39 is 35.1 Å². The van der Waals surface area contributed by atoms with Crippen molar-refractivity contribution in [2.75, 3.05) is 44.3 Å². The van der Waals surface area contributed by atoms with Crippen LogP contribution in [-0.2, 0) is 11.2 Å². The first-order valence-electron chi connectivity index (χ1n) is 19.9. The number of esters is 1. The minimum Gasteiger partial charge on any atom is -0.461 e. The minimum atomic E-state index is -0.940. The van der Waals surface area contributed by atoms with E-state index in [-0.39, 0.29) is 36.2 Å². The van der Waals surface area contributed by atoms with Gasteiger partial charge in [0.25, 0.3) is 0 Å². The van der Waals surface area contributed by atoms with Gasteiger partial charge in [0.15, 0.2) is 5.82 Å². The van der Waals surface area contributed by atoms with Crippen molar-refractivity contribution in [2.24, 2.45) is 0 Å². The van der Waals surface area contributed by atoms with Crippen LogP contribution < -0.4 is 19.7 Å². The summed E-state index contributed by atoms with van der Waals surface area (Å²) in [6.07, 6.45) is 4.71. The molecule has 2 aromatic heterocycles. The molecule has 6 bridgehead atoms. The number of rotatable bonds is 5. The maximum atomic E-state index is 17.6. The van der Waals surface area contributed by atoms with Crippen molar-refractivity contribution in [3.63, 3.8) is 0 Å². The van der Waals surface area contributed by atoms with Gasteiger partial charge in [-0.05, 0) is 106 Å². The van der Waals surface area contributed by atoms with Crippen molar-refractivity contribution >= 4 is 39.6 Å². The number of halogens is 2. The molecule has 13 heteroatoms. The lowest BCUT2D eigenvalue weighted by atomic mass is 9.91. The number of fused-ring (bicyclic) bond motifs is 7. The van der Waals surface area contributed by atoms with Crippen LogP contribution in [0.4, 0.5) is 19.4 Å². The quantitative estimate of drug-likeness (QED) is 0.140. The van der Waals surface area contributed by atoms with Gasteiger partial charge < -0.3 is 24.4 Å². The number of aromatic nitrogens is 3. The van der Waals surface area contributed by atoms with E-state index in [1.807, 2.05) is 56.0 Å². The van der Waals surface area contributed by atoms with E-state index in [1.165, 1.54) is 0 Å². The average Bonchev–Trinajstić information content (AvgIpc) is 3.70. The van der Waals surface area contributed by atoms with Gasteiger partial charge in [0, 0.05) is 37.8 Å². The lowest BCUT2D eigenvalue weighted by Gasteiger charge is -2.41. The van der Waals surface area contributed by atoms with Gasteiger partial charge in [-0.1, -0.05) is 35.9 Å². The molecule has 10 rings (SSSR count). The molecule has 3 atom stereocenters. The van der Waals surface area contributed by atoms with Gasteiger partial charge in [-0.25, -0.2) is 18.4 Å². The maximum absolute atomic E-state index is 17.6. The molecule has 0 saturated carbocycles. The van der Waals surface area contributed by atoms with Gasteiger partial charge in [0.1, 0.15) is 35.6 Å². The SMILES string of the molecule is Cc1ccc(C(=O)Oc2cc3c4c(cccc4c2)CCCOC(=O)N[C@]2(C)CCCN(C2)c2nc(OC[C@@]45CCCN4C[C@H](F)C5)nc4c(F)c-3ncc24)c(C)c1. The number of alkyl halides is 1. The number of hydrogen-bond donors (Lipinski definition) is 1. The fourth-order valence-electron chi connectivity index (χ4n) is 9.53. The van der Waals surface area contributed by atoms with E-state index in [9.17, 15) is 14.0 Å². The molecule has 3 saturated heterocycles. The number of pyridine rings is 1. The zero-order valence-corrected chi connectivity index (χ0v) is 32.5. The van der Waals surface area contributed by atoms with Gasteiger partial charge in [0.05, 0.1) is 28.6 Å². The van der Waals surface area contributed by atoms with E-state index in [2.05, 4.69) is 10.2 Å². The standard InChI is InChI=1S/C44H46F2N6O5/c1-26-11-12-32(27(2)18-26)40(53)57-31-19-29-9-4-8-28-10-5-17-55-42(54)50-43(3)13-6-15-51(24-43)39-34-22-47-37(33(20-31)35(28)29)36(46)38(34)48-41(49-39)56-25-44-14-7-16-52(44)23-30(45)21-44/h4,8-9,11-12,18-20,22,30H,5-7,10,13-17,21,23-25H2,1-3H3,(H,50,54)/t30-,43-,44+/m1/s1. The summed E-state index contributed by atoms with van der Waals surface area (Å²) < 4.78 is 50.3. The zero-order chi connectivity index (χ0) is 39.5. The second kappa shape index (κ2) is 14.5. The van der Waals surface area contributed by atoms with Crippen molar-refractivity contribution in [2.45, 2.75) is 83.0 Å². The minimum absolute atomic E-state index is 0.0165. The number of ether oxygens (including phenoxy) is 3. The predicted octanol–water partition coefficient (Wildman–Crippen LogP) is 7.81. The van der Waals surface area contributed by atoms with Crippen LogP contribution in [0.5, 0.6) is 11.8 Å². The average molecular weight is 777 g/mol. The summed E-state index contributed by atoms with van der Waals surface area (Å²) in [7, 11) is 0. The molecule has 7 heterocycles. The Balaban J connectivity index is 1.20. The normalized spacial score (nSPS) is 23.7. The molecule has 1 N–H and O–H groups in total. The molecule has 3 aromatic carbocycles. The van der Waals surface area contributed by atoms with E-state index in [4.69, 9.17) is 29.2 Å². The summed E-state index contributed by atoms with van der Waals surface area (Å²) >= 11 is 0. The topological polar surface area (TPSA) is 119 Å². The Hall–Kier alpha value is -5.43. The molecule has 0 radical (unpaired) electrons. The third-order valence-corrected chi connectivity index (χ3v) is 12.2. The number of nitrogens with one attached hydrogen (secondary N) is 1. The van der Waals surface area contributed by atoms with Crippen molar-refractivity contribution in [3.8, 4) is 23.0 Å². The number of carbonyl (C=O) groups is 2. The number of carbonyl (C=O) groups excluding carboxylic acids is 2. The molecule has 11 nitrogen and oxygen atoms in total. The number of aryl methyl sites for hydroxylation is 3. The van der Waals surface area contributed by atoms with Crippen LogP contribution >= 0.6 is 0 Å². The van der Waals surface area contributed by atoms with Crippen LogP contribution in [0.25, 0.3) is 32.9 Å². The second-order valence-corrected chi connectivity index (χ2v) is 16.5. The lowest BCUT2D eigenvalue weighted by Crippen LogP contribution is -2.57. The summed E-state index contributed by atoms with van der Waals surface area (Å²) in [4.78, 5) is 45.2. The molecule has 0 aliphatic carbocycles. The van der Waals surface area contributed by atoms with E-state index in [0.29, 0.717) is 67.6 Å². The molecule has 3 fully saturated rings. The fraction of sp³-hybridized carbons (Fsp3) is 0.432. The molecular formula is C44H46F2N6O5. The molecule has 296 valence electrons. The van der Waals surface area contributed by atoms with Crippen LogP contribution in [0.1, 0.15) is 72.5 Å². The second-order valence-electron chi connectivity index (χ2n) is 16.5. The fourth-order valence-corrected chi connectivity index (χ4v) is 9.53. The number of nitrogens with zero attached hydrogens (tertiary/aromatic N) is 5. The van der Waals surface area contributed by atoms with Gasteiger partial charge >= 0.3 is 18.1 Å². The third kappa shape index (κ3) is 7.00. The number of hydrogen-bond acceptors (Lipinski definition) is 10. The van der Waals surface area contributed by atoms with Crippen LogP contribution in [0.2, 0.25) is 0 Å². The number of anilines is 1. The van der Waals surface area contributed by atoms with Gasteiger partial charge in [-0.2, -0.15) is 9.97 Å². The predicted molar refractivity (Wildman–Crippen MR) is 212 cm³/mol. The molecular weight excluding hydrogens is 731 g/mol. The lowest BCUT2D eigenvalue weighted by molar-refractivity contribution is 0.0734. The van der Waals surface area contributed by atoms with E-state index in [1.54, 1.807) is 24.4 Å². The Morgan fingerprint density at radius 2 is 1.93 bits per heavy atom. The van der Waals surface area contributed by atoms with Crippen molar-refractivity contribution in [1.29, 1.82) is 0 Å². The van der Waals surface area contributed by atoms with Gasteiger partial charge in [-0.15, -0.1) is 0 Å². The highest BCUT2D eigenvalue weighted by atomic mass is 19.1. The number of benzene rings is 3. The van der Waals surface area contributed by atoms with Crippen LogP contribution in [0.3, 0.4) is 0 Å². The highest BCUT2D eigenvalue weighted by molar-refractivity contribution is 6.02. The number of piperidine rings is 1. The third-order valence-electron chi connectivity index (χ3n) is 12.2. The molecule has 5 aromatic rings. The van der Waals surface area contributed by atoms with Gasteiger partial charge in [0.2, 0.25) is 0 Å². The van der Waals surface area contributed by atoms with Gasteiger partial charge in [-0.3, -0.25) is 9.88 Å². The van der Waals surface area contributed by atoms with Crippen molar-refractivity contribution in [3.05, 3.63) is 82.8 Å². The number of amides is 1. The summed E-state index contributed by atoms with van der Waals surface area (Å²) in [6, 6.07) is 14.7. The maximum Gasteiger partial charge on any atom is 0.407 e. The Morgan fingerprint density at radius 1 is 1.07 bits per heavy atom. The smallest absolute Gasteiger partial charge is 0.407 e. The highest BCUT2D eigenvalue weighted by Crippen LogP contribution is 2.42. The van der Waals surface area contributed by atoms with Crippen molar-refractivity contribution in [1.82, 2.24) is 25.2 Å². The molecule has 5 aliphatic rings. The number of alkyl carbamates (subject to hydrolysis) is 1. The first kappa shape index (κ1) is 37.2. The molecule has 57 heavy (non-hydrogen) atoms. The summed E-state index contributed by atoms with van der Waals surface area (Å²) in [5.74, 6) is -0.553. The molecule has 5 aliphatic heterocycles. The van der Waals surface area contributed by atoms with E-state index >= 15 is 4.39 Å². The van der Waals surface area contributed by atoms with Crippen LogP contribution in [-0.4, -0.2) is 88.6 Å². The molecule has 0 spiro atoms. The van der Waals surface area contributed by atoms with Crippen LogP contribution in [0, 0.1) is 19.7 Å². The Morgan fingerprint density at radius 3 is 2.79 bits per heavy atom. The molecule has 1 amide bonds. The van der Waals surface area contributed by atoms with Crippen molar-refractivity contribution < 1.29 is 32.6 Å². The largest absolute Gasteiger partial charge is 0.461 e. The Bertz CT molecular complexity index is 2430. The first-order chi connectivity index (χ1) is 27.5. The Kier molecular flexibility index (Phi) is 9.45. The Labute approximate surface area is 329 Å². The zero-order valence-electron chi connectivity index (χ0n) is 32.5. The first-order valence-corrected chi connectivity index (χ1v) is 19.9. The summed E-state index contributed by atoms with van der Waals surface area (Å²) in [5.41, 5.74) is 2.45. The van der Waals surface area contributed by atoms with Crippen LogP contribution in [0.15, 0.2) is 54.7 Å². The van der Waals surface area contributed by atoms with E-state index in [0.717, 1.165) is 53.3 Å².